The number of ether oxygens (including phenoxy) is 2. The fourth-order valence-corrected chi connectivity index (χ4v) is 3.82. The van der Waals surface area contributed by atoms with Gasteiger partial charge in [-0.3, -0.25) is 0 Å². The highest BCUT2D eigenvalue weighted by molar-refractivity contribution is 5.56. The molecule has 2 unspecified atom stereocenters. The minimum absolute atomic E-state index is 0.461. The average Bonchev–Trinajstić information content (AvgIpc) is 2.57. The third-order valence-electron chi connectivity index (χ3n) is 5.16. The van der Waals surface area contributed by atoms with Crippen LogP contribution in [-0.4, -0.2) is 0 Å². The van der Waals surface area contributed by atoms with E-state index in [1.807, 2.05) is 12.1 Å². The van der Waals surface area contributed by atoms with Crippen molar-refractivity contribution < 1.29 is 9.47 Å². The van der Waals surface area contributed by atoms with E-state index in [0.29, 0.717) is 11.8 Å². The van der Waals surface area contributed by atoms with Crippen molar-refractivity contribution in [2.24, 2.45) is 11.8 Å². The molecule has 2 heteroatoms. The van der Waals surface area contributed by atoms with Crippen molar-refractivity contribution in [2.75, 3.05) is 0 Å². The smallest absolute Gasteiger partial charge is 0.134 e. The molecule has 0 saturated carbocycles. The standard InChI is InChI=1S/C21H18O2/c1-13-5-4-8-19-17(13)11-16-10-15-9-14-6-2-3-7-18(14)22-20(15)12-21(16)23-19/h2-8,10,12-13,17H,9,11H2,1H3. The number of hydrogen-bond acceptors (Lipinski definition) is 2. The second-order valence-electron chi connectivity index (χ2n) is 6.68. The molecular formula is C21H18O2. The Morgan fingerprint density at radius 3 is 2.74 bits per heavy atom. The first-order valence-electron chi connectivity index (χ1n) is 8.26. The summed E-state index contributed by atoms with van der Waals surface area (Å²) in [5.41, 5.74) is 3.82. The molecule has 1 aliphatic carbocycles. The summed E-state index contributed by atoms with van der Waals surface area (Å²) in [7, 11) is 0. The van der Waals surface area contributed by atoms with E-state index < -0.39 is 0 Å². The largest absolute Gasteiger partial charge is 0.461 e. The van der Waals surface area contributed by atoms with Crippen molar-refractivity contribution in [3.8, 4) is 17.2 Å². The van der Waals surface area contributed by atoms with E-state index in [-0.39, 0.29) is 0 Å². The number of para-hydroxylation sites is 1. The van der Waals surface area contributed by atoms with Crippen molar-refractivity contribution in [2.45, 2.75) is 19.8 Å². The third-order valence-corrected chi connectivity index (χ3v) is 5.16. The van der Waals surface area contributed by atoms with Gasteiger partial charge in [0.25, 0.3) is 0 Å². The van der Waals surface area contributed by atoms with Gasteiger partial charge in [-0.2, -0.15) is 0 Å². The lowest BCUT2D eigenvalue weighted by atomic mass is 9.81. The van der Waals surface area contributed by atoms with E-state index in [1.165, 1.54) is 16.7 Å². The van der Waals surface area contributed by atoms with Crippen LogP contribution in [0.2, 0.25) is 0 Å². The van der Waals surface area contributed by atoms with Gasteiger partial charge < -0.3 is 9.47 Å². The van der Waals surface area contributed by atoms with Gasteiger partial charge in [0.1, 0.15) is 23.0 Å². The molecule has 0 amide bonds. The molecule has 0 fully saturated rings. The van der Waals surface area contributed by atoms with E-state index in [4.69, 9.17) is 9.47 Å². The first-order chi connectivity index (χ1) is 11.3. The van der Waals surface area contributed by atoms with Gasteiger partial charge in [0, 0.05) is 18.4 Å². The summed E-state index contributed by atoms with van der Waals surface area (Å²) in [6, 6.07) is 12.6. The van der Waals surface area contributed by atoms with Crippen LogP contribution in [0.3, 0.4) is 0 Å². The molecule has 2 aromatic carbocycles. The molecule has 2 heterocycles. The van der Waals surface area contributed by atoms with Gasteiger partial charge in [-0.05, 0) is 47.2 Å². The third kappa shape index (κ3) is 2.02. The van der Waals surface area contributed by atoms with E-state index in [1.54, 1.807) is 0 Å². The summed E-state index contributed by atoms with van der Waals surface area (Å²) < 4.78 is 12.3. The van der Waals surface area contributed by atoms with Gasteiger partial charge in [0.05, 0.1) is 0 Å². The van der Waals surface area contributed by atoms with Gasteiger partial charge in [0.2, 0.25) is 0 Å². The number of hydrogen-bond donors (Lipinski definition) is 0. The summed E-state index contributed by atoms with van der Waals surface area (Å²) >= 11 is 0. The summed E-state index contributed by atoms with van der Waals surface area (Å²) in [5.74, 6) is 4.92. The fraction of sp³-hybridized carbons (Fsp3) is 0.238. The molecule has 0 aromatic heterocycles. The zero-order valence-corrected chi connectivity index (χ0v) is 13.1. The Morgan fingerprint density at radius 1 is 0.913 bits per heavy atom. The fourth-order valence-electron chi connectivity index (χ4n) is 3.82. The number of allylic oxidation sites excluding steroid dienone is 4. The summed E-state index contributed by atoms with van der Waals surface area (Å²) in [6.07, 6.45) is 8.44. The zero-order valence-electron chi connectivity index (χ0n) is 13.1. The highest BCUT2D eigenvalue weighted by Crippen LogP contribution is 2.45. The van der Waals surface area contributed by atoms with Crippen LogP contribution in [0.4, 0.5) is 0 Å². The molecule has 0 radical (unpaired) electrons. The topological polar surface area (TPSA) is 18.5 Å². The molecule has 0 spiro atoms. The lowest BCUT2D eigenvalue weighted by Crippen LogP contribution is -2.25. The Kier molecular flexibility index (Phi) is 2.69. The highest BCUT2D eigenvalue weighted by atomic mass is 16.5. The normalized spacial score (nSPS) is 23.4. The van der Waals surface area contributed by atoms with Gasteiger partial charge in [0.15, 0.2) is 0 Å². The Hall–Kier alpha value is -2.48. The van der Waals surface area contributed by atoms with Crippen LogP contribution in [0.1, 0.15) is 23.6 Å². The van der Waals surface area contributed by atoms with Gasteiger partial charge in [-0.25, -0.2) is 0 Å². The molecular weight excluding hydrogens is 284 g/mol. The van der Waals surface area contributed by atoms with Crippen molar-refractivity contribution in [3.63, 3.8) is 0 Å². The zero-order chi connectivity index (χ0) is 15.4. The van der Waals surface area contributed by atoms with Gasteiger partial charge >= 0.3 is 0 Å². The molecule has 0 saturated heterocycles. The van der Waals surface area contributed by atoms with Crippen molar-refractivity contribution in [1.82, 2.24) is 0 Å². The molecule has 0 bridgehead atoms. The first-order valence-corrected chi connectivity index (χ1v) is 8.26. The molecule has 2 aromatic rings. The molecule has 23 heavy (non-hydrogen) atoms. The second-order valence-corrected chi connectivity index (χ2v) is 6.68. The summed E-state index contributed by atoms with van der Waals surface area (Å²) in [5, 5.41) is 0. The van der Waals surface area contributed by atoms with Crippen LogP contribution in [0.15, 0.2) is 60.4 Å². The molecule has 0 N–H and O–H groups in total. The lowest BCUT2D eigenvalue weighted by Gasteiger charge is -2.33. The van der Waals surface area contributed by atoms with Crippen molar-refractivity contribution in [1.29, 1.82) is 0 Å². The maximum Gasteiger partial charge on any atom is 0.134 e. The Balaban J connectivity index is 1.56. The summed E-state index contributed by atoms with van der Waals surface area (Å²) in [4.78, 5) is 0. The van der Waals surface area contributed by atoms with Crippen LogP contribution in [0.5, 0.6) is 17.2 Å². The molecule has 114 valence electrons. The second kappa shape index (κ2) is 4.76. The van der Waals surface area contributed by atoms with E-state index in [2.05, 4.69) is 49.4 Å². The molecule has 5 rings (SSSR count). The van der Waals surface area contributed by atoms with E-state index in [9.17, 15) is 0 Å². The SMILES string of the molecule is CC1C=CC=C2Oc3cc4c(cc3CC21)Cc1ccccc1O4. The van der Waals surface area contributed by atoms with Crippen molar-refractivity contribution in [3.05, 3.63) is 77.1 Å². The molecule has 3 aliphatic rings. The monoisotopic (exact) mass is 302 g/mol. The van der Waals surface area contributed by atoms with Crippen LogP contribution in [-0.2, 0) is 12.8 Å². The maximum atomic E-state index is 6.19. The highest BCUT2D eigenvalue weighted by Gasteiger charge is 2.31. The van der Waals surface area contributed by atoms with E-state index in [0.717, 1.165) is 35.8 Å². The van der Waals surface area contributed by atoms with Crippen LogP contribution in [0.25, 0.3) is 0 Å². The maximum absolute atomic E-state index is 6.19. The van der Waals surface area contributed by atoms with Gasteiger partial charge in [-0.1, -0.05) is 37.3 Å². The Morgan fingerprint density at radius 2 is 1.78 bits per heavy atom. The number of fused-ring (bicyclic) bond motifs is 4. The molecule has 2 aliphatic heterocycles. The minimum atomic E-state index is 0.461. The van der Waals surface area contributed by atoms with E-state index >= 15 is 0 Å². The molecule has 2 atom stereocenters. The first kappa shape index (κ1) is 13.0. The van der Waals surface area contributed by atoms with Gasteiger partial charge in [-0.15, -0.1) is 0 Å². The van der Waals surface area contributed by atoms with Crippen LogP contribution in [0, 0.1) is 11.8 Å². The van der Waals surface area contributed by atoms with Crippen LogP contribution < -0.4 is 9.47 Å². The Labute approximate surface area is 136 Å². The van der Waals surface area contributed by atoms with Crippen molar-refractivity contribution >= 4 is 0 Å². The Bertz CT molecular complexity index is 860. The minimum Gasteiger partial charge on any atom is -0.461 e. The average molecular weight is 302 g/mol. The quantitative estimate of drug-likeness (QED) is 0.580. The summed E-state index contributed by atoms with van der Waals surface area (Å²) in [6.45, 7) is 2.26. The molecule has 2 nitrogen and oxygen atoms in total. The predicted octanol–water partition coefficient (Wildman–Crippen LogP) is 5.02. The number of benzene rings is 2. The lowest BCUT2D eigenvalue weighted by molar-refractivity contribution is 0.275. The predicted molar refractivity (Wildman–Crippen MR) is 90.0 cm³/mol. The number of rotatable bonds is 0. The van der Waals surface area contributed by atoms with Crippen LogP contribution >= 0.6 is 0 Å².